The first-order chi connectivity index (χ1) is 15.3. The molecule has 3 fully saturated rings. The molecule has 2 aliphatic heterocycles. The highest BCUT2D eigenvalue weighted by atomic mass is 19.4. The Morgan fingerprint density at radius 3 is 2.41 bits per heavy atom. The Labute approximate surface area is 183 Å². The second-order valence-electron chi connectivity index (χ2n) is 8.76. The van der Waals surface area contributed by atoms with Crippen molar-refractivity contribution >= 4 is 17.8 Å². The van der Waals surface area contributed by atoms with Crippen molar-refractivity contribution in [2.45, 2.75) is 43.9 Å². The number of rotatable bonds is 5. The molecule has 2 atom stereocenters. The number of allylic oxidation sites excluding steroid dienone is 1. The second kappa shape index (κ2) is 7.79. The molecule has 32 heavy (non-hydrogen) atoms. The van der Waals surface area contributed by atoms with Crippen LogP contribution in [0.15, 0.2) is 36.7 Å². The van der Waals surface area contributed by atoms with E-state index >= 15 is 0 Å². The number of carbonyl (C=O) groups is 1. The number of aromatic amines is 1. The Kier molecular flexibility index (Phi) is 5.06. The standard InChI is InChI=1S/C23H24F3N5O/c24-23(25,26)21-6-3-15(10-29-21)16-9-19(28-11-16)20(7-8-27)30-12-17-4-5-18(13-30)31(17)22(32)14-1-2-14/h3,6-11,14,17-18,27-28H,1-2,4-5,12-13H2/b20-7+,27-8?. The Morgan fingerprint density at radius 1 is 1.12 bits per heavy atom. The van der Waals surface area contributed by atoms with E-state index in [0.717, 1.165) is 48.7 Å². The van der Waals surface area contributed by atoms with Gasteiger partial charge in [-0.15, -0.1) is 0 Å². The molecule has 2 saturated heterocycles. The Bertz CT molecular complexity index is 1040. The van der Waals surface area contributed by atoms with Crippen molar-refractivity contribution in [1.29, 1.82) is 5.41 Å². The van der Waals surface area contributed by atoms with Crippen LogP contribution in [0.2, 0.25) is 0 Å². The van der Waals surface area contributed by atoms with Crippen LogP contribution in [0.25, 0.3) is 16.8 Å². The zero-order valence-electron chi connectivity index (χ0n) is 17.4. The molecule has 5 rings (SSSR count). The summed E-state index contributed by atoms with van der Waals surface area (Å²) in [6.07, 6.45) is 5.43. The first-order valence-electron chi connectivity index (χ1n) is 10.9. The maximum atomic E-state index is 12.8. The zero-order chi connectivity index (χ0) is 22.5. The van der Waals surface area contributed by atoms with Gasteiger partial charge in [-0.3, -0.25) is 9.78 Å². The van der Waals surface area contributed by atoms with E-state index < -0.39 is 11.9 Å². The van der Waals surface area contributed by atoms with Crippen LogP contribution in [0.4, 0.5) is 13.2 Å². The number of carbonyl (C=O) groups excluding carboxylic acids is 1. The van der Waals surface area contributed by atoms with Gasteiger partial charge in [0.1, 0.15) is 5.69 Å². The zero-order valence-corrected chi connectivity index (χ0v) is 17.4. The molecule has 1 saturated carbocycles. The van der Waals surface area contributed by atoms with Crippen LogP contribution >= 0.6 is 0 Å². The number of fused-ring (bicyclic) bond motifs is 2. The number of H-pyrrole nitrogens is 1. The first-order valence-corrected chi connectivity index (χ1v) is 10.9. The quantitative estimate of drug-likeness (QED) is 0.681. The average Bonchev–Trinajstić information content (AvgIpc) is 3.45. The number of likely N-dealkylation sites (tertiary alicyclic amines) is 1. The molecule has 2 unspecified atom stereocenters. The molecule has 2 aromatic rings. The fourth-order valence-corrected chi connectivity index (χ4v) is 4.89. The lowest BCUT2D eigenvalue weighted by atomic mass is 10.1. The predicted octanol–water partition coefficient (Wildman–Crippen LogP) is 4.17. The van der Waals surface area contributed by atoms with E-state index in [1.165, 1.54) is 18.5 Å². The summed E-state index contributed by atoms with van der Waals surface area (Å²) in [6, 6.07) is 4.62. The molecular weight excluding hydrogens is 419 g/mol. The number of alkyl halides is 3. The predicted molar refractivity (Wildman–Crippen MR) is 114 cm³/mol. The van der Waals surface area contributed by atoms with E-state index in [-0.39, 0.29) is 18.0 Å². The van der Waals surface area contributed by atoms with Crippen molar-refractivity contribution in [3.63, 3.8) is 0 Å². The molecule has 0 radical (unpaired) electrons. The highest BCUT2D eigenvalue weighted by molar-refractivity contribution is 5.84. The minimum atomic E-state index is -4.47. The summed E-state index contributed by atoms with van der Waals surface area (Å²) in [4.78, 5) is 23.8. The normalized spacial score (nSPS) is 23.5. The Morgan fingerprint density at radius 2 is 1.84 bits per heavy atom. The number of nitrogens with one attached hydrogen (secondary N) is 2. The van der Waals surface area contributed by atoms with Gasteiger partial charge in [0.25, 0.3) is 0 Å². The summed E-state index contributed by atoms with van der Waals surface area (Å²) in [5.41, 5.74) is 2.01. The van der Waals surface area contributed by atoms with Crippen LogP contribution in [0.3, 0.4) is 0 Å². The molecule has 1 amide bonds. The summed E-state index contributed by atoms with van der Waals surface area (Å²) < 4.78 is 38.4. The monoisotopic (exact) mass is 443 g/mol. The lowest BCUT2D eigenvalue weighted by molar-refractivity contribution is -0.141. The molecule has 2 aromatic heterocycles. The van der Waals surface area contributed by atoms with Crippen LogP contribution < -0.4 is 0 Å². The minimum absolute atomic E-state index is 0.185. The first kappa shape index (κ1) is 20.8. The summed E-state index contributed by atoms with van der Waals surface area (Å²) in [5, 5.41) is 7.62. The number of hydrogen-bond acceptors (Lipinski definition) is 4. The largest absolute Gasteiger partial charge is 0.433 e. The molecule has 168 valence electrons. The highest BCUT2D eigenvalue weighted by Gasteiger charge is 2.46. The van der Waals surface area contributed by atoms with Gasteiger partial charge in [-0.25, -0.2) is 0 Å². The SMILES string of the molecule is N=C/C=C(\c1cc(-c2ccc(C(F)(F)F)nc2)c[nH]1)N1CC2CCC(C1)N2C(=O)C1CC1. The summed E-state index contributed by atoms with van der Waals surface area (Å²) >= 11 is 0. The van der Waals surface area contributed by atoms with Gasteiger partial charge in [-0.2, -0.15) is 13.2 Å². The Hall–Kier alpha value is -3.10. The molecular formula is C23H24F3N5O. The van der Waals surface area contributed by atoms with Crippen LogP contribution in [-0.4, -0.2) is 57.1 Å². The molecule has 6 nitrogen and oxygen atoms in total. The summed E-state index contributed by atoms with van der Waals surface area (Å²) in [5.74, 6) is 0.510. The summed E-state index contributed by atoms with van der Waals surface area (Å²) in [7, 11) is 0. The molecule has 3 aliphatic rings. The van der Waals surface area contributed by atoms with E-state index in [1.807, 2.05) is 6.07 Å². The van der Waals surface area contributed by atoms with Gasteiger partial charge in [-0.1, -0.05) is 6.07 Å². The summed E-state index contributed by atoms with van der Waals surface area (Å²) in [6.45, 7) is 1.43. The van der Waals surface area contributed by atoms with Crippen molar-refractivity contribution in [3.8, 4) is 11.1 Å². The lowest BCUT2D eigenvalue weighted by Gasteiger charge is -2.43. The number of piperazine rings is 1. The smallest absolute Gasteiger partial charge is 0.366 e. The average molecular weight is 443 g/mol. The van der Waals surface area contributed by atoms with E-state index in [4.69, 9.17) is 5.41 Å². The molecule has 0 spiro atoms. The maximum Gasteiger partial charge on any atom is 0.433 e. The van der Waals surface area contributed by atoms with Crippen LogP contribution in [0, 0.1) is 11.3 Å². The van der Waals surface area contributed by atoms with Crippen molar-refractivity contribution in [3.05, 3.63) is 48.1 Å². The molecule has 0 aromatic carbocycles. The van der Waals surface area contributed by atoms with Crippen molar-refractivity contribution < 1.29 is 18.0 Å². The fraction of sp³-hybridized carbons (Fsp3) is 0.435. The minimum Gasteiger partial charge on any atom is -0.366 e. The topological polar surface area (TPSA) is 76.1 Å². The van der Waals surface area contributed by atoms with E-state index in [9.17, 15) is 18.0 Å². The van der Waals surface area contributed by atoms with Crippen LogP contribution in [0.1, 0.15) is 37.1 Å². The van der Waals surface area contributed by atoms with Crippen molar-refractivity contribution in [1.82, 2.24) is 19.8 Å². The van der Waals surface area contributed by atoms with Gasteiger partial charge in [0, 0.05) is 60.8 Å². The Balaban J connectivity index is 1.36. The van der Waals surface area contributed by atoms with Crippen LogP contribution in [0.5, 0.6) is 0 Å². The van der Waals surface area contributed by atoms with E-state index in [0.29, 0.717) is 24.6 Å². The molecule has 1 aliphatic carbocycles. The maximum absolute atomic E-state index is 12.8. The molecule has 9 heteroatoms. The van der Waals surface area contributed by atoms with Gasteiger partial charge in [-0.05, 0) is 43.9 Å². The third-order valence-electron chi connectivity index (χ3n) is 6.59. The van der Waals surface area contributed by atoms with E-state index in [1.54, 1.807) is 12.3 Å². The molecule has 2 bridgehead atoms. The van der Waals surface area contributed by atoms with Gasteiger partial charge in [0.2, 0.25) is 5.91 Å². The third-order valence-corrected chi connectivity index (χ3v) is 6.59. The number of hydrogen-bond donors (Lipinski definition) is 2. The number of aromatic nitrogens is 2. The number of amides is 1. The number of nitrogens with zero attached hydrogens (tertiary/aromatic N) is 3. The van der Waals surface area contributed by atoms with Gasteiger partial charge < -0.3 is 20.2 Å². The molecule has 2 N–H and O–H groups in total. The van der Waals surface area contributed by atoms with Gasteiger partial charge in [0.15, 0.2) is 0 Å². The molecule has 4 heterocycles. The lowest BCUT2D eigenvalue weighted by Crippen LogP contribution is -2.55. The van der Waals surface area contributed by atoms with E-state index in [2.05, 4.69) is 19.8 Å². The number of pyridine rings is 1. The highest BCUT2D eigenvalue weighted by Crippen LogP contribution is 2.39. The van der Waals surface area contributed by atoms with Gasteiger partial charge >= 0.3 is 6.18 Å². The van der Waals surface area contributed by atoms with Gasteiger partial charge in [0.05, 0.1) is 11.4 Å². The number of halogens is 3. The second-order valence-corrected chi connectivity index (χ2v) is 8.76. The fourth-order valence-electron chi connectivity index (χ4n) is 4.89. The van der Waals surface area contributed by atoms with Crippen LogP contribution in [-0.2, 0) is 11.0 Å². The third kappa shape index (κ3) is 3.80. The van der Waals surface area contributed by atoms with Crippen molar-refractivity contribution in [2.75, 3.05) is 13.1 Å². The van der Waals surface area contributed by atoms with Crippen molar-refractivity contribution in [2.24, 2.45) is 5.92 Å².